The summed E-state index contributed by atoms with van der Waals surface area (Å²) < 4.78 is 0.755. The van der Waals surface area contributed by atoms with Crippen LogP contribution in [0.3, 0.4) is 0 Å². The van der Waals surface area contributed by atoms with Crippen LogP contribution in [-0.2, 0) is 19.5 Å². The predicted octanol–water partition coefficient (Wildman–Crippen LogP) is 5.43. The molecule has 1 N–H and O–H groups in total. The van der Waals surface area contributed by atoms with Crippen LogP contribution in [0, 0.1) is 0 Å². The summed E-state index contributed by atoms with van der Waals surface area (Å²) in [4.78, 5) is 28.3. The van der Waals surface area contributed by atoms with E-state index in [1.54, 1.807) is 12.1 Å². The van der Waals surface area contributed by atoms with Gasteiger partial charge in [0.25, 0.3) is 5.56 Å². The molecular formula is C23H18Cl2N4OS. The van der Waals surface area contributed by atoms with E-state index in [0.717, 1.165) is 56.8 Å². The number of rotatable bonds is 4. The first kappa shape index (κ1) is 20.4. The Morgan fingerprint density at radius 3 is 2.61 bits per heavy atom. The van der Waals surface area contributed by atoms with Crippen LogP contribution in [-0.4, -0.2) is 26.4 Å². The maximum atomic E-state index is 12.8. The fourth-order valence-electron chi connectivity index (χ4n) is 3.73. The Labute approximate surface area is 193 Å². The lowest BCUT2D eigenvalue weighted by Gasteiger charge is -2.27. The van der Waals surface area contributed by atoms with Gasteiger partial charge in [-0.25, -0.2) is 4.98 Å². The Morgan fingerprint density at radius 1 is 1.06 bits per heavy atom. The first-order chi connectivity index (χ1) is 15.0. The Bertz CT molecular complexity index is 1280. The number of benzene rings is 1. The van der Waals surface area contributed by atoms with Crippen LogP contribution in [0.4, 0.5) is 0 Å². The highest BCUT2D eigenvalue weighted by molar-refractivity contribution is 7.19. The van der Waals surface area contributed by atoms with E-state index in [4.69, 9.17) is 28.2 Å². The van der Waals surface area contributed by atoms with Gasteiger partial charge < -0.3 is 4.98 Å². The first-order valence-electron chi connectivity index (χ1n) is 9.86. The fraction of sp³-hybridized carbons (Fsp3) is 0.174. The van der Waals surface area contributed by atoms with E-state index in [9.17, 15) is 4.79 Å². The molecule has 0 saturated carbocycles. The normalized spacial score (nSPS) is 13.9. The summed E-state index contributed by atoms with van der Waals surface area (Å²) >= 11 is 13.5. The standard InChI is InChI=1S/C23H18Cl2N4OS/c24-16-4-2-15(3-5-16)22-27-18-9-10-29(13-17(18)23(30)28-22)12-14-1-6-19(26-11-14)20-7-8-21(25)31-20/h1-8,11H,9-10,12-13H2,(H,27,28,30). The third-order valence-corrected chi connectivity index (χ3v) is 6.83. The molecule has 1 aliphatic heterocycles. The van der Waals surface area contributed by atoms with Crippen molar-refractivity contribution in [2.24, 2.45) is 0 Å². The third kappa shape index (κ3) is 4.43. The van der Waals surface area contributed by atoms with Gasteiger partial charge >= 0.3 is 0 Å². The SMILES string of the molecule is O=c1[nH]c(-c2ccc(Cl)cc2)nc2c1CN(Cc1ccc(-c3ccc(Cl)s3)nc1)CC2. The molecule has 0 fully saturated rings. The fourth-order valence-corrected chi connectivity index (χ4v) is 4.88. The van der Waals surface area contributed by atoms with Crippen molar-refractivity contribution in [3.05, 3.63) is 91.3 Å². The highest BCUT2D eigenvalue weighted by Gasteiger charge is 2.21. The Morgan fingerprint density at radius 2 is 1.90 bits per heavy atom. The zero-order valence-corrected chi connectivity index (χ0v) is 18.8. The highest BCUT2D eigenvalue weighted by atomic mass is 35.5. The maximum Gasteiger partial charge on any atom is 0.255 e. The van der Waals surface area contributed by atoms with Gasteiger partial charge in [0.2, 0.25) is 0 Å². The van der Waals surface area contributed by atoms with Crippen LogP contribution in [0.1, 0.15) is 16.8 Å². The lowest BCUT2D eigenvalue weighted by Crippen LogP contribution is -2.35. The number of aromatic nitrogens is 3. The molecule has 5 nitrogen and oxygen atoms in total. The second-order valence-electron chi connectivity index (χ2n) is 7.46. The minimum atomic E-state index is -0.0808. The summed E-state index contributed by atoms with van der Waals surface area (Å²) in [5, 5.41) is 0.654. The average Bonchev–Trinajstić information content (AvgIpc) is 3.21. The molecule has 0 unspecified atom stereocenters. The van der Waals surface area contributed by atoms with Crippen LogP contribution < -0.4 is 5.56 Å². The van der Waals surface area contributed by atoms with Crippen molar-refractivity contribution >= 4 is 34.5 Å². The average molecular weight is 469 g/mol. The van der Waals surface area contributed by atoms with E-state index >= 15 is 0 Å². The molecule has 1 aromatic carbocycles. The zero-order valence-electron chi connectivity index (χ0n) is 16.4. The largest absolute Gasteiger partial charge is 0.306 e. The number of halogens is 2. The van der Waals surface area contributed by atoms with Gasteiger partial charge in [-0.15, -0.1) is 11.3 Å². The topological polar surface area (TPSA) is 61.9 Å². The summed E-state index contributed by atoms with van der Waals surface area (Å²) in [6.07, 6.45) is 2.63. The van der Waals surface area contributed by atoms with Crippen LogP contribution in [0.5, 0.6) is 0 Å². The molecule has 1 aliphatic rings. The lowest BCUT2D eigenvalue weighted by atomic mass is 10.1. The molecule has 0 amide bonds. The van der Waals surface area contributed by atoms with Crippen LogP contribution in [0.2, 0.25) is 9.36 Å². The second kappa shape index (κ2) is 8.55. The van der Waals surface area contributed by atoms with Crippen LogP contribution in [0.15, 0.2) is 59.5 Å². The van der Waals surface area contributed by atoms with Crippen molar-refractivity contribution in [3.8, 4) is 22.0 Å². The van der Waals surface area contributed by atoms with Crippen LogP contribution in [0.25, 0.3) is 22.0 Å². The zero-order chi connectivity index (χ0) is 21.4. The van der Waals surface area contributed by atoms with Gasteiger partial charge in [0.1, 0.15) is 5.82 Å². The smallest absolute Gasteiger partial charge is 0.255 e. The summed E-state index contributed by atoms with van der Waals surface area (Å²) in [7, 11) is 0. The van der Waals surface area contributed by atoms with Gasteiger partial charge in [-0.2, -0.15) is 0 Å². The number of nitrogens with zero attached hydrogens (tertiary/aromatic N) is 3. The second-order valence-corrected chi connectivity index (χ2v) is 9.61. The number of fused-ring (bicyclic) bond motifs is 1. The summed E-state index contributed by atoms with van der Waals surface area (Å²) in [5.41, 5.74) is 4.40. The molecule has 3 aromatic heterocycles. The van der Waals surface area contributed by atoms with E-state index in [2.05, 4.69) is 20.9 Å². The predicted molar refractivity (Wildman–Crippen MR) is 126 cm³/mol. The number of H-pyrrole nitrogens is 1. The van der Waals surface area contributed by atoms with E-state index in [0.29, 0.717) is 17.4 Å². The van der Waals surface area contributed by atoms with Gasteiger partial charge in [-0.3, -0.25) is 14.7 Å². The molecule has 156 valence electrons. The Balaban J connectivity index is 1.31. The van der Waals surface area contributed by atoms with Crippen molar-refractivity contribution in [2.45, 2.75) is 19.5 Å². The summed E-state index contributed by atoms with van der Waals surface area (Å²) in [5.74, 6) is 0.585. The Hall–Kier alpha value is -2.51. The molecule has 0 radical (unpaired) electrons. The molecule has 5 rings (SSSR count). The summed E-state index contributed by atoms with van der Waals surface area (Å²) in [6, 6.07) is 15.3. The molecular weight excluding hydrogens is 451 g/mol. The van der Waals surface area contributed by atoms with Crippen LogP contribution >= 0.6 is 34.5 Å². The van der Waals surface area contributed by atoms with Crippen molar-refractivity contribution in [1.82, 2.24) is 19.9 Å². The number of pyridine rings is 1. The molecule has 31 heavy (non-hydrogen) atoms. The molecule has 0 aliphatic carbocycles. The monoisotopic (exact) mass is 468 g/mol. The van der Waals surface area contributed by atoms with E-state index in [1.807, 2.05) is 36.5 Å². The van der Waals surface area contributed by atoms with Crippen molar-refractivity contribution in [1.29, 1.82) is 0 Å². The molecule has 0 bridgehead atoms. The molecule has 0 saturated heterocycles. The summed E-state index contributed by atoms with van der Waals surface area (Å²) in [6.45, 7) is 2.14. The van der Waals surface area contributed by atoms with Gasteiger partial charge in [-0.1, -0.05) is 29.3 Å². The van der Waals surface area contributed by atoms with E-state index in [-0.39, 0.29) is 5.56 Å². The molecule has 4 heterocycles. The third-order valence-electron chi connectivity index (χ3n) is 5.32. The van der Waals surface area contributed by atoms with Gasteiger partial charge in [0.05, 0.1) is 26.2 Å². The van der Waals surface area contributed by atoms with E-state index < -0.39 is 0 Å². The first-order valence-corrected chi connectivity index (χ1v) is 11.4. The minimum Gasteiger partial charge on any atom is -0.306 e. The highest BCUT2D eigenvalue weighted by Crippen LogP contribution is 2.30. The van der Waals surface area contributed by atoms with Gasteiger partial charge in [0.15, 0.2) is 0 Å². The molecule has 0 spiro atoms. The van der Waals surface area contributed by atoms with Crippen molar-refractivity contribution in [2.75, 3.05) is 6.54 Å². The number of hydrogen-bond acceptors (Lipinski definition) is 5. The lowest BCUT2D eigenvalue weighted by molar-refractivity contribution is 0.241. The van der Waals surface area contributed by atoms with E-state index in [1.165, 1.54) is 11.3 Å². The number of hydrogen-bond donors (Lipinski definition) is 1. The number of nitrogens with one attached hydrogen (secondary N) is 1. The molecule has 0 atom stereocenters. The van der Waals surface area contributed by atoms with Crippen molar-refractivity contribution < 1.29 is 0 Å². The van der Waals surface area contributed by atoms with Crippen molar-refractivity contribution in [3.63, 3.8) is 0 Å². The maximum absolute atomic E-state index is 12.8. The molecule has 8 heteroatoms. The minimum absolute atomic E-state index is 0.0808. The Kier molecular flexibility index (Phi) is 5.63. The quantitative estimate of drug-likeness (QED) is 0.433. The van der Waals surface area contributed by atoms with Gasteiger partial charge in [0, 0.05) is 42.8 Å². The number of thiophene rings is 1. The molecule has 4 aromatic rings. The van der Waals surface area contributed by atoms with Gasteiger partial charge in [-0.05, 0) is 48.0 Å². The number of aromatic amines is 1.